The summed E-state index contributed by atoms with van der Waals surface area (Å²) in [6.45, 7) is 0. The van der Waals surface area contributed by atoms with Gasteiger partial charge in [-0.15, -0.1) is 10.2 Å². The lowest BCUT2D eigenvalue weighted by Gasteiger charge is -2.05. The fraction of sp³-hybridized carbons (Fsp3) is 0.0588. The summed E-state index contributed by atoms with van der Waals surface area (Å²) in [6.07, 6.45) is 0. The number of hydrogen-bond donors (Lipinski definition) is 0. The molecule has 4 rings (SSSR count). The van der Waals surface area contributed by atoms with Crippen molar-refractivity contribution in [3.8, 4) is 0 Å². The van der Waals surface area contributed by atoms with Gasteiger partial charge in [-0.3, -0.25) is 4.40 Å². The van der Waals surface area contributed by atoms with Crippen molar-refractivity contribution in [2.75, 3.05) is 0 Å². The zero-order chi connectivity index (χ0) is 14.9. The average molecular weight is 309 g/mol. The van der Waals surface area contributed by atoms with Crippen molar-refractivity contribution in [2.24, 2.45) is 0 Å². The molecule has 2 heterocycles. The number of benzene rings is 2. The van der Waals surface area contributed by atoms with Crippen LogP contribution in [-0.2, 0) is 5.75 Å². The first-order valence-corrected chi connectivity index (χ1v) is 7.90. The van der Waals surface area contributed by atoms with Crippen molar-refractivity contribution in [2.45, 2.75) is 10.9 Å². The molecular weight excluding hydrogens is 297 g/mol. The van der Waals surface area contributed by atoms with Crippen LogP contribution in [0.3, 0.4) is 0 Å². The normalized spacial score (nSPS) is 11.3. The molecule has 2 aromatic heterocycles. The van der Waals surface area contributed by atoms with Crippen LogP contribution in [-0.4, -0.2) is 14.6 Å². The molecule has 0 saturated carbocycles. The summed E-state index contributed by atoms with van der Waals surface area (Å²) in [5.41, 5.74) is 2.53. The van der Waals surface area contributed by atoms with Gasteiger partial charge in [0, 0.05) is 5.75 Å². The summed E-state index contributed by atoms with van der Waals surface area (Å²) in [4.78, 5) is 0. The number of halogens is 1. The van der Waals surface area contributed by atoms with Gasteiger partial charge in [0.05, 0.1) is 5.52 Å². The molecule has 3 nitrogen and oxygen atoms in total. The smallest absolute Gasteiger partial charge is 0.196 e. The molecule has 0 saturated heterocycles. The molecule has 4 aromatic rings. The molecule has 0 spiro atoms. The van der Waals surface area contributed by atoms with E-state index < -0.39 is 0 Å². The van der Waals surface area contributed by atoms with Crippen LogP contribution < -0.4 is 0 Å². The SMILES string of the molecule is Fc1ccccc1CSc1nnc2ccc3ccccc3n12. The molecule has 0 aliphatic heterocycles. The van der Waals surface area contributed by atoms with Crippen LogP contribution in [0.25, 0.3) is 16.6 Å². The van der Waals surface area contributed by atoms with Gasteiger partial charge in [-0.05, 0) is 35.2 Å². The minimum absolute atomic E-state index is 0.186. The van der Waals surface area contributed by atoms with E-state index in [0.29, 0.717) is 11.3 Å². The van der Waals surface area contributed by atoms with Crippen molar-refractivity contribution in [1.82, 2.24) is 14.6 Å². The second-order valence-electron chi connectivity index (χ2n) is 4.95. The van der Waals surface area contributed by atoms with Gasteiger partial charge in [-0.1, -0.05) is 48.2 Å². The fourth-order valence-corrected chi connectivity index (χ4v) is 3.40. The predicted molar refractivity (Wildman–Crippen MR) is 86.5 cm³/mol. The Morgan fingerprint density at radius 3 is 2.64 bits per heavy atom. The highest BCUT2D eigenvalue weighted by molar-refractivity contribution is 7.98. The van der Waals surface area contributed by atoms with Gasteiger partial charge in [-0.25, -0.2) is 4.39 Å². The predicted octanol–water partition coefficient (Wildman–Crippen LogP) is 4.31. The highest BCUT2D eigenvalue weighted by Gasteiger charge is 2.10. The average Bonchev–Trinajstić information content (AvgIpc) is 2.98. The molecule has 22 heavy (non-hydrogen) atoms. The lowest BCUT2D eigenvalue weighted by Crippen LogP contribution is -1.92. The third-order valence-corrected chi connectivity index (χ3v) is 4.54. The lowest BCUT2D eigenvalue weighted by molar-refractivity contribution is 0.617. The van der Waals surface area contributed by atoms with E-state index in [1.807, 2.05) is 40.8 Å². The van der Waals surface area contributed by atoms with Crippen LogP contribution >= 0.6 is 11.8 Å². The number of nitrogens with zero attached hydrogens (tertiary/aromatic N) is 3. The second kappa shape index (κ2) is 5.42. The van der Waals surface area contributed by atoms with Crippen molar-refractivity contribution >= 4 is 28.3 Å². The van der Waals surface area contributed by atoms with Crippen LogP contribution in [0.2, 0.25) is 0 Å². The Hall–Kier alpha value is -2.40. The van der Waals surface area contributed by atoms with Crippen molar-refractivity contribution < 1.29 is 4.39 Å². The first kappa shape index (κ1) is 13.3. The standard InChI is InChI=1S/C17H12FN3S/c18-14-7-3-1-6-13(14)11-22-17-20-19-16-10-9-12-5-2-4-8-15(12)21(16)17/h1-10H,11H2. The number of aromatic nitrogens is 3. The van der Waals surface area contributed by atoms with Crippen LogP contribution in [0.15, 0.2) is 65.8 Å². The summed E-state index contributed by atoms with van der Waals surface area (Å²) >= 11 is 1.49. The Balaban J connectivity index is 1.76. The fourth-order valence-electron chi connectivity index (χ4n) is 2.46. The Bertz CT molecular complexity index is 964. The van der Waals surface area contributed by atoms with Crippen LogP contribution in [0.5, 0.6) is 0 Å². The molecule has 0 N–H and O–H groups in total. The van der Waals surface area contributed by atoms with Crippen molar-refractivity contribution in [1.29, 1.82) is 0 Å². The van der Waals surface area contributed by atoms with Gasteiger partial charge in [0.1, 0.15) is 5.82 Å². The van der Waals surface area contributed by atoms with Gasteiger partial charge in [0.2, 0.25) is 0 Å². The largest absolute Gasteiger partial charge is 0.270 e. The maximum absolute atomic E-state index is 13.7. The molecule has 0 unspecified atom stereocenters. The molecule has 2 aromatic carbocycles. The zero-order valence-corrected chi connectivity index (χ0v) is 12.4. The van der Waals surface area contributed by atoms with E-state index in [1.165, 1.54) is 17.8 Å². The second-order valence-corrected chi connectivity index (χ2v) is 5.89. The molecule has 0 atom stereocenters. The summed E-state index contributed by atoms with van der Waals surface area (Å²) in [7, 11) is 0. The van der Waals surface area contributed by atoms with Gasteiger partial charge in [0.25, 0.3) is 0 Å². The van der Waals surface area contributed by atoms with E-state index in [2.05, 4.69) is 16.3 Å². The molecule has 0 aliphatic carbocycles. The van der Waals surface area contributed by atoms with Crippen LogP contribution in [0.1, 0.15) is 5.56 Å². The summed E-state index contributed by atoms with van der Waals surface area (Å²) in [5.74, 6) is 0.338. The number of rotatable bonds is 3. The van der Waals surface area contributed by atoms with E-state index in [9.17, 15) is 4.39 Å². The Kier molecular flexibility index (Phi) is 3.27. The van der Waals surface area contributed by atoms with E-state index in [1.54, 1.807) is 12.1 Å². The van der Waals surface area contributed by atoms with Crippen LogP contribution in [0, 0.1) is 5.82 Å². The Morgan fingerprint density at radius 1 is 0.909 bits per heavy atom. The molecule has 5 heteroatoms. The minimum Gasteiger partial charge on any atom is -0.270 e. The van der Waals surface area contributed by atoms with Crippen LogP contribution in [0.4, 0.5) is 4.39 Å². The maximum atomic E-state index is 13.7. The zero-order valence-electron chi connectivity index (χ0n) is 11.6. The maximum Gasteiger partial charge on any atom is 0.196 e. The molecule has 0 amide bonds. The van der Waals surface area contributed by atoms with Crippen molar-refractivity contribution in [3.05, 3.63) is 72.0 Å². The van der Waals surface area contributed by atoms with Gasteiger partial charge >= 0.3 is 0 Å². The number of pyridine rings is 1. The third kappa shape index (κ3) is 2.23. The van der Waals surface area contributed by atoms with Crippen molar-refractivity contribution in [3.63, 3.8) is 0 Å². The number of para-hydroxylation sites is 1. The van der Waals surface area contributed by atoms with E-state index in [0.717, 1.165) is 21.7 Å². The quantitative estimate of drug-likeness (QED) is 0.528. The molecule has 0 aliphatic rings. The monoisotopic (exact) mass is 309 g/mol. The molecular formula is C17H12FN3S. The van der Waals surface area contributed by atoms with E-state index in [-0.39, 0.29) is 5.82 Å². The Labute approximate surface area is 130 Å². The summed E-state index contributed by atoms with van der Waals surface area (Å²) in [5, 5.41) is 10.3. The van der Waals surface area contributed by atoms with Gasteiger partial charge < -0.3 is 0 Å². The number of fused-ring (bicyclic) bond motifs is 3. The number of thioether (sulfide) groups is 1. The molecule has 0 radical (unpaired) electrons. The minimum atomic E-state index is -0.186. The van der Waals surface area contributed by atoms with E-state index >= 15 is 0 Å². The highest BCUT2D eigenvalue weighted by atomic mass is 32.2. The molecule has 0 fully saturated rings. The highest BCUT2D eigenvalue weighted by Crippen LogP contribution is 2.26. The Morgan fingerprint density at radius 2 is 1.73 bits per heavy atom. The first-order valence-electron chi connectivity index (χ1n) is 6.92. The first-order chi connectivity index (χ1) is 10.8. The number of hydrogen-bond acceptors (Lipinski definition) is 3. The summed E-state index contributed by atoms with van der Waals surface area (Å²) < 4.78 is 15.7. The molecule has 108 valence electrons. The lowest BCUT2D eigenvalue weighted by atomic mass is 10.2. The van der Waals surface area contributed by atoms with Gasteiger partial charge in [0.15, 0.2) is 10.8 Å². The third-order valence-electron chi connectivity index (χ3n) is 3.56. The molecule has 0 bridgehead atoms. The van der Waals surface area contributed by atoms with E-state index in [4.69, 9.17) is 0 Å². The summed E-state index contributed by atoms with van der Waals surface area (Å²) in [6, 6.07) is 18.9. The van der Waals surface area contributed by atoms with Gasteiger partial charge in [-0.2, -0.15) is 0 Å². The topological polar surface area (TPSA) is 30.2 Å².